The Balaban J connectivity index is -0.000000154. The van der Waals surface area contributed by atoms with Crippen molar-refractivity contribution in [2.24, 2.45) is 5.73 Å². The Bertz CT molecular complexity index is 2450. The number of rotatable bonds is 88. The van der Waals surface area contributed by atoms with Crippen molar-refractivity contribution in [3.63, 3.8) is 0 Å². The second kappa shape index (κ2) is 159. The zero-order chi connectivity index (χ0) is 98.9. The first-order chi connectivity index (χ1) is 64.1. The third-order valence-electron chi connectivity index (χ3n) is 21.2. The zero-order valence-electron chi connectivity index (χ0n) is 89.7. The number of aliphatic hydroxyl groups is 2. The monoisotopic (exact) mass is 1900 g/mol. The Morgan fingerprint density at radius 3 is 0.679 bits per heavy atom. The van der Waals surface area contributed by atoms with Gasteiger partial charge >= 0.3 is 60.0 Å². The van der Waals surface area contributed by atoms with Crippen LogP contribution in [0.2, 0.25) is 0 Å². The number of esters is 1. The molecule has 0 aliphatic heterocycles. The van der Waals surface area contributed by atoms with Gasteiger partial charge in [-0.1, -0.05) is 356 Å². The van der Waals surface area contributed by atoms with E-state index >= 15 is 0 Å². The number of carboxylic acids is 1. The van der Waals surface area contributed by atoms with E-state index in [1.807, 2.05) is 46.9 Å². The van der Waals surface area contributed by atoms with Crippen LogP contribution in [-0.4, -0.2) is 187 Å². The fourth-order valence-corrected chi connectivity index (χ4v) is 13.6. The largest absolute Gasteiger partial charge is 1.00 e. The Morgan fingerprint density at radius 2 is 0.485 bits per heavy atom. The molecule has 0 spiro atoms. The van der Waals surface area contributed by atoms with E-state index in [9.17, 15) is 19.5 Å². The van der Waals surface area contributed by atoms with Gasteiger partial charge in [0.2, 0.25) is 0 Å². The molecule has 0 heterocycles. The average Bonchev–Trinajstić information content (AvgIpc) is 1.00. The van der Waals surface area contributed by atoms with E-state index in [-0.39, 0.29) is 82.8 Å². The Morgan fingerprint density at radius 1 is 0.291 bits per heavy atom. The second-order valence-electron chi connectivity index (χ2n) is 34.1. The van der Waals surface area contributed by atoms with E-state index in [1.165, 1.54) is 340 Å². The summed E-state index contributed by atoms with van der Waals surface area (Å²) >= 11 is 0. The zero-order valence-corrected chi connectivity index (χ0v) is 91.7. The van der Waals surface area contributed by atoms with Crippen molar-refractivity contribution in [2.75, 3.05) is 107 Å². The number of aliphatic carboxylic acids is 1. The van der Waals surface area contributed by atoms with E-state index in [0.717, 1.165) is 116 Å². The molecule has 0 unspecified atom stereocenters. The molecule has 0 fully saturated rings. The van der Waals surface area contributed by atoms with Crippen LogP contribution in [0.15, 0.2) is 122 Å². The number of nitrogens with two attached hydrogens (primary N) is 1. The standard InChI is InChI=1S/C44H82N2O2.C38H71NO.C18H32O.C6H13NO2.C2H7NO.C2H6.3CO2.CH3.B.Na/c1-5-7-9-11-13-15-17-19-21-23-25-27-29-31-33-35-40-46(42-43-48-44(47)38-37-39-45(3)4)41-36-34-32-30-28-26-24-22-20-18-16-14-12-10-8-6-2;1-3-5-7-9-11-13-15-17-19-21-23-25-27-29-31-33-35-39(37-38-40)36-34-32-30-28-26-24-22-20-18-16-14-12-10-8-6-4-2;1-2-3-4-5-6-7-8-9-10-11-12-13-14-15-16-17-18-19;1-7(2)5-3-4-6(8)9;3-1-2-4;1-2;3*2-1-3;;;/h13-16,19-22H,5-12,17-18,23-43H2,1-4H3;11-14,17-20,40H,3-10,15-16,21-38H2,1-2H3;6-7,9-10,18H,2-5,8,11-17H2,1H3;3-5H2,1-2H3,(H,8,9);4H,1-3H2;1-2H3;;;;1H3;;/q;;;;;;;;;-1;;+1/b15-13-,16-14-,21-19-,22-20-;13-11-,14-12-,19-17-,20-18-;7-6-,10-9-;;;;;;;;;. The van der Waals surface area contributed by atoms with Crippen LogP contribution in [0.25, 0.3) is 0 Å². The third kappa shape index (κ3) is 183. The summed E-state index contributed by atoms with van der Waals surface area (Å²) in [7, 11) is 7.96. The molecule has 3 radical (unpaired) electrons. The van der Waals surface area contributed by atoms with Gasteiger partial charge in [-0.15, -0.1) is 0 Å². The maximum Gasteiger partial charge on any atom is 1.00 e. The van der Waals surface area contributed by atoms with E-state index in [4.69, 9.17) is 49.5 Å². The van der Waals surface area contributed by atoms with E-state index in [2.05, 4.69) is 171 Å². The fourth-order valence-electron chi connectivity index (χ4n) is 13.6. The summed E-state index contributed by atoms with van der Waals surface area (Å²) in [6, 6.07) is 0. The van der Waals surface area contributed by atoms with Gasteiger partial charge in [0.15, 0.2) is 0 Å². The molecule has 0 saturated heterocycles. The van der Waals surface area contributed by atoms with E-state index in [1.54, 1.807) is 0 Å². The van der Waals surface area contributed by atoms with Gasteiger partial charge in [-0.2, -0.15) is 28.8 Å². The average molecular weight is 1900 g/mol. The summed E-state index contributed by atoms with van der Waals surface area (Å²) < 4.78 is 5.60. The van der Waals surface area contributed by atoms with Gasteiger partial charge in [0, 0.05) is 47.3 Å². The molecule has 0 atom stereocenters. The van der Waals surface area contributed by atoms with Crippen LogP contribution in [0.5, 0.6) is 0 Å². The molecule has 0 aromatic rings. The van der Waals surface area contributed by atoms with Gasteiger partial charge in [0.05, 0.1) is 13.2 Å². The quantitative estimate of drug-likeness (QED) is 0.0110. The minimum absolute atomic E-state index is 0. The number of ether oxygens (including phenoxy) is 1. The topological polar surface area (TPSA) is 263 Å². The number of carbonyl (C=O) groups is 3. The van der Waals surface area contributed by atoms with Crippen molar-refractivity contribution in [1.29, 1.82) is 0 Å². The molecule has 20 heteroatoms. The molecule has 0 aromatic heterocycles. The Kier molecular flexibility index (Phi) is 183. The van der Waals surface area contributed by atoms with Gasteiger partial charge in [0.1, 0.15) is 12.9 Å². The van der Waals surface area contributed by atoms with Gasteiger partial charge in [0.25, 0.3) is 0 Å². The predicted molar refractivity (Wildman–Crippen MR) is 572 cm³/mol. The van der Waals surface area contributed by atoms with Crippen LogP contribution in [0.3, 0.4) is 0 Å². The molecule has 5 N–H and O–H groups in total. The van der Waals surface area contributed by atoms with Crippen molar-refractivity contribution in [1.82, 2.24) is 19.6 Å². The molecular weight excluding hydrogens is 1680 g/mol. The summed E-state index contributed by atoms with van der Waals surface area (Å²) in [4.78, 5) is 90.1. The van der Waals surface area contributed by atoms with Crippen LogP contribution in [0.1, 0.15) is 459 Å². The van der Waals surface area contributed by atoms with Gasteiger partial charge in [-0.3, -0.25) is 14.5 Å². The normalized spacial score (nSPS) is 10.9. The molecule has 134 heavy (non-hydrogen) atoms. The van der Waals surface area contributed by atoms with Crippen molar-refractivity contribution in [2.45, 2.75) is 459 Å². The number of hydrogen-bond donors (Lipinski definition) is 4. The smallest absolute Gasteiger partial charge is 0.481 e. The SMILES string of the molecule is CC.CCCCC/C=C\C/C=C\CCCCCCCC=O.CCCCC/C=C\C/C=C\CCCCCCCCN(CCCCCCCC/C=C\C/C=C\CCCCC)CCOC(=O)CCCN(C)C.CCCCC/C=C\C/C=C\CCCCCCCCN(CCO)CCCCCCCC/C=C\C/C=C\CCCCC.CN(C)CCCC(=O)O.NCCO.O=C=O.O=C=O.O=C=O.[B].[CH3-].[Na+]. The van der Waals surface area contributed by atoms with Crippen molar-refractivity contribution in [3.05, 3.63) is 129 Å². The second-order valence-corrected chi connectivity index (χ2v) is 34.1. The first-order valence-corrected chi connectivity index (χ1v) is 53.1. The van der Waals surface area contributed by atoms with Crippen LogP contribution in [0, 0.1) is 7.43 Å². The first kappa shape index (κ1) is 154. The van der Waals surface area contributed by atoms with Crippen molar-refractivity contribution in [3.8, 4) is 0 Å². The Hall–Kier alpha value is -5.07. The van der Waals surface area contributed by atoms with Crippen molar-refractivity contribution < 1.29 is 92.8 Å². The van der Waals surface area contributed by atoms with Crippen molar-refractivity contribution >= 4 is 45.1 Å². The molecule has 0 amide bonds. The molecular formula is C114H214BN5NaO13. The van der Waals surface area contributed by atoms with Gasteiger partial charge in [-0.25, -0.2) is 0 Å². The van der Waals surface area contributed by atoms with Crippen LogP contribution in [-0.2, 0) is 47.9 Å². The Labute approximate surface area is 852 Å². The van der Waals surface area contributed by atoms with Gasteiger partial charge in [-0.05, 0) is 273 Å². The fraction of sp³-hybridized carbons (Fsp3) is 0.763. The molecule has 0 bridgehead atoms. The number of carboxylic acid groups (broad SMARTS) is 1. The number of nitrogens with zero attached hydrogens (tertiary/aromatic N) is 4. The van der Waals surface area contributed by atoms with Crippen LogP contribution < -0.4 is 35.3 Å². The molecule has 0 rings (SSSR count). The molecule has 777 valence electrons. The number of allylic oxidation sites excluding steroid dienone is 20. The molecule has 0 aliphatic rings. The van der Waals surface area contributed by atoms with Crippen LogP contribution >= 0.6 is 0 Å². The summed E-state index contributed by atoms with van der Waals surface area (Å²) in [6.07, 6.45) is 127. The maximum absolute atomic E-state index is 12.2. The number of aldehydes is 1. The minimum Gasteiger partial charge on any atom is -0.481 e. The number of unbranched alkanes of at least 4 members (excludes halogenated alkanes) is 45. The van der Waals surface area contributed by atoms with Gasteiger partial charge < -0.3 is 52.7 Å². The summed E-state index contributed by atoms with van der Waals surface area (Å²) in [6.45, 7) is 24.7. The summed E-state index contributed by atoms with van der Waals surface area (Å²) in [5.74, 6) is -0.754. The molecule has 0 saturated carbocycles. The van der Waals surface area contributed by atoms with E-state index < -0.39 is 5.97 Å². The first-order valence-electron chi connectivity index (χ1n) is 53.1. The summed E-state index contributed by atoms with van der Waals surface area (Å²) in [5, 5.41) is 25.4. The molecule has 0 aliphatic carbocycles. The molecule has 18 nitrogen and oxygen atoms in total. The number of aliphatic hydroxyl groups excluding tert-OH is 2. The van der Waals surface area contributed by atoms with E-state index in [0.29, 0.717) is 26.2 Å². The number of carbonyl (C=O) groups excluding carboxylic acids is 8. The summed E-state index contributed by atoms with van der Waals surface area (Å²) in [5.41, 5.74) is 4.78. The van der Waals surface area contributed by atoms with Crippen LogP contribution in [0.4, 0.5) is 0 Å². The maximum atomic E-state index is 12.2. The predicted octanol–water partition coefficient (Wildman–Crippen LogP) is 26.4. The molecule has 0 aromatic carbocycles. The number of hydrogen-bond acceptors (Lipinski definition) is 17. The third-order valence-corrected chi connectivity index (χ3v) is 21.2. The minimum atomic E-state index is -0.711.